The fourth-order valence-electron chi connectivity index (χ4n) is 1.59. The smallest absolute Gasteiger partial charge is 0.229 e. The Morgan fingerprint density at radius 3 is 1.74 bits per heavy atom. The number of aliphatic hydroxyl groups excluding tert-OH is 1. The Balaban J connectivity index is 0.000000405. The van der Waals surface area contributed by atoms with Gasteiger partial charge in [0.15, 0.2) is 0 Å². The fraction of sp³-hybridized carbons (Fsp3) is 0.444. The van der Waals surface area contributed by atoms with Crippen LogP contribution in [0.25, 0.3) is 0 Å². The second-order valence-corrected chi connectivity index (χ2v) is 8.40. The summed E-state index contributed by atoms with van der Waals surface area (Å²) >= 11 is 0. The number of aromatic nitrogens is 2. The zero-order valence-electron chi connectivity index (χ0n) is 16.1. The number of halogens is 1. The van der Waals surface area contributed by atoms with Crippen molar-refractivity contribution in [3.63, 3.8) is 0 Å². The summed E-state index contributed by atoms with van der Waals surface area (Å²) in [6, 6.07) is 7.67. The third-order valence-corrected chi connectivity index (χ3v) is 2.70. The number of ether oxygens (including phenoxy) is 2. The van der Waals surface area contributed by atoms with Gasteiger partial charge in [0.2, 0.25) is 20.8 Å². The van der Waals surface area contributed by atoms with Crippen molar-refractivity contribution in [2.24, 2.45) is 0 Å². The van der Waals surface area contributed by atoms with E-state index in [0.29, 0.717) is 12.5 Å². The topological polar surface area (TPSA) is 98.6 Å². The van der Waals surface area contributed by atoms with E-state index >= 15 is 0 Å². The summed E-state index contributed by atoms with van der Waals surface area (Å²) in [4.78, 5) is 8.08. The largest absolute Gasteiger partial charge is 0.477 e. The lowest BCUT2D eigenvalue weighted by Crippen LogP contribution is -2.03. The molecule has 2 rings (SSSR count). The number of hydrogen-bond donors (Lipinski definition) is 1. The molecule has 27 heavy (non-hydrogen) atoms. The molecule has 2 aromatic heterocycles. The van der Waals surface area contributed by atoms with E-state index in [0.717, 1.165) is 36.3 Å². The highest BCUT2D eigenvalue weighted by molar-refractivity contribution is 8.13. The van der Waals surface area contributed by atoms with Crippen LogP contribution in [0.1, 0.15) is 24.5 Å². The highest BCUT2D eigenvalue weighted by Gasteiger charge is 1.97. The van der Waals surface area contributed by atoms with Crippen LogP contribution in [0, 0.1) is 13.8 Å². The number of hydrogen-bond acceptors (Lipinski definition) is 7. The van der Waals surface area contributed by atoms with E-state index in [1.165, 1.54) is 0 Å². The molecule has 0 saturated carbocycles. The van der Waals surface area contributed by atoms with Gasteiger partial charge < -0.3 is 14.6 Å². The molecule has 2 heterocycles. The second-order valence-electron chi connectivity index (χ2n) is 5.35. The van der Waals surface area contributed by atoms with Crippen molar-refractivity contribution >= 4 is 19.7 Å². The summed E-state index contributed by atoms with van der Waals surface area (Å²) in [5, 5.41) is 8.47. The second kappa shape index (κ2) is 14.2. The van der Waals surface area contributed by atoms with Gasteiger partial charge in [0.25, 0.3) is 0 Å². The first-order valence-electron chi connectivity index (χ1n) is 8.28. The van der Waals surface area contributed by atoms with Crippen LogP contribution in [-0.2, 0) is 9.05 Å². The fourth-order valence-corrected chi connectivity index (χ4v) is 1.59. The molecule has 0 bridgehead atoms. The third-order valence-electron chi connectivity index (χ3n) is 2.70. The van der Waals surface area contributed by atoms with Crippen molar-refractivity contribution in [1.29, 1.82) is 0 Å². The first-order chi connectivity index (χ1) is 12.7. The van der Waals surface area contributed by atoms with E-state index in [1.54, 1.807) is 12.4 Å². The standard InChI is InChI=1S/C9H13NO.C8H11NO2.CH3ClO2S/c1-3-7-11-9-8(2)5-4-6-10-9;1-7-3-2-4-9-8(7)11-6-5-10;1-5(2,3)4/h4-6H,3,7H2,1-2H3;2-4,10H,5-6H2,1H3;1H3. The van der Waals surface area contributed by atoms with E-state index in [9.17, 15) is 8.42 Å². The van der Waals surface area contributed by atoms with E-state index in [1.807, 2.05) is 38.1 Å². The Bertz CT molecular complexity index is 699. The van der Waals surface area contributed by atoms with Gasteiger partial charge in [-0.2, -0.15) is 0 Å². The molecule has 9 heteroatoms. The Hall–Kier alpha value is -1.90. The molecule has 0 aliphatic rings. The van der Waals surface area contributed by atoms with E-state index in [4.69, 9.17) is 14.6 Å². The van der Waals surface area contributed by atoms with Crippen molar-refractivity contribution in [2.75, 3.05) is 26.1 Å². The molecule has 0 saturated heterocycles. The molecule has 0 spiro atoms. The maximum Gasteiger partial charge on any atom is 0.229 e. The average molecular weight is 419 g/mol. The zero-order valence-corrected chi connectivity index (χ0v) is 17.6. The number of rotatable bonds is 6. The molecule has 0 radical (unpaired) electrons. The van der Waals surface area contributed by atoms with Crippen LogP contribution in [0.15, 0.2) is 36.7 Å². The van der Waals surface area contributed by atoms with Crippen LogP contribution < -0.4 is 9.47 Å². The van der Waals surface area contributed by atoms with Crippen molar-refractivity contribution in [1.82, 2.24) is 9.97 Å². The van der Waals surface area contributed by atoms with Gasteiger partial charge in [-0.3, -0.25) is 0 Å². The summed E-state index contributed by atoms with van der Waals surface area (Å²) in [6.07, 6.45) is 5.36. The van der Waals surface area contributed by atoms with Crippen LogP contribution in [0.3, 0.4) is 0 Å². The van der Waals surface area contributed by atoms with Gasteiger partial charge in [-0.15, -0.1) is 0 Å². The summed E-state index contributed by atoms with van der Waals surface area (Å²) in [6.45, 7) is 7.07. The summed E-state index contributed by atoms with van der Waals surface area (Å²) in [7, 11) is 1.31. The molecule has 0 aromatic carbocycles. The number of aliphatic hydroxyl groups is 1. The molecule has 152 valence electrons. The average Bonchev–Trinajstić information content (AvgIpc) is 2.60. The number of aryl methyl sites for hydroxylation is 2. The Morgan fingerprint density at radius 2 is 1.41 bits per heavy atom. The maximum absolute atomic E-state index is 9.40. The Morgan fingerprint density at radius 1 is 1.00 bits per heavy atom. The number of nitrogens with zero attached hydrogens (tertiary/aromatic N) is 2. The Kier molecular flexibility index (Phi) is 13.2. The van der Waals surface area contributed by atoms with Crippen LogP contribution in [0.4, 0.5) is 0 Å². The van der Waals surface area contributed by atoms with Gasteiger partial charge in [-0.1, -0.05) is 19.1 Å². The molecule has 0 aliphatic heterocycles. The van der Waals surface area contributed by atoms with Crippen molar-refractivity contribution in [3.8, 4) is 11.8 Å². The first-order valence-corrected chi connectivity index (χ1v) is 11.0. The molecule has 2 aromatic rings. The predicted molar refractivity (Wildman–Crippen MR) is 107 cm³/mol. The predicted octanol–water partition coefficient (Wildman–Crippen LogP) is 3.12. The highest BCUT2D eigenvalue weighted by Crippen LogP contribution is 2.12. The quantitative estimate of drug-likeness (QED) is 0.719. The molecule has 7 nitrogen and oxygen atoms in total. The van der Waals surface area contributed by atoms with Crippen LogP contribution in [-0.4, -0.2) is 49.6 Å². The minimum Gasteiger partial charge on any atom is -0.477 e. The normalized spacial score (nSPS) is 10.0. The molecule has 0 atom stereocenters. The van der Waals surface area contributed by atoms with Crippen molar-refractivity contribution < 1.29 is 23.0 Å². The monoisotopic (exact) mass is 418 g/mol. The lowest BCUT2D eigenvalue weighted by molar-refractivity contribution is 0.196. The lowest BCUT2D eigenvalue weighted by Gasteiger charge is -2.04. The summed E-state index contributed by atoms with van der Waals surface area (Å²) in [5.41, 5.74) is 2.09. The first kappa shape index (κ1) is 25.1. The molecular formula is C18H27ClN2O5S. The third kappa shape index (κ3) is 14.9. The van der Waals surface area contributed by atoms with E-state index in [2.05, 4.69) is 27.6 Å². The zero-order chi connectivity index (χ0) is 20.7. The van der Waals surface area contributed by atoms with Gasteiger partial charge in [0.1, 0.15) is 6.61 Å². The molecule has 0 unspecified atom stereocenters. The molecule has 0 aliphatic carbocycles. The minimum absolute atomic E-state index is 0.0238. The van der Waals surface area contributed by atoms with Crippen molar-refractivity contribution in [3.05, 3.63) is 47.8 Å². The summed E-state index contributed by atoms with van der Waals surface area (Å²) < 4.78 is 29.3. The SMILES string of the molecule is CCCOc1ncccc1C.CS(=O)(=O)Cl.Cc1cccnc1OCCO. The molecular weight excluding hydrogens is 392 g/mol. The minimum atomic E-state index is -3.19. The molecule has 0 fully saturated rings. The van der Waals surface area contributed by atoms with Gasteiger partial charge in [-0.25, -0.2) is 18.4 Å². The van der Waals surface area contributed by atoms with Gasteiger partial charge >= 0.3 is 0 Å². The van der Waals surface area contributed by atoms with E-state index < -0.39 is 9.05 Å². The Labute approximate surface area is 165 Å². The van der Waals surface area contributed by atoms with Crippen LogP contribution >= 0.6 is 10.7 Å². The van der Waals surface area contributed by atoms with Crippen LogP contribution in [0.5, 0.6) is 11.8 Å². The maximum atomic E-state index is 9.40. The molecule has 1 N–H and O–H groups in total. The highest BCUT2D eigenvalue weighted by atomic mass is 35.7. The van der Waals surface area contributed by atoms with Gasteiger partial charge in [0, 0.05) is 34.2 Å². The molecule has 0 amide bonds. The van der Waals surface area contributed by atoms with Gasteiger partial charge in [0.05, 0.1) is 19.5 Å². The van der Waals surface area contributed by atoms with Gasteiger partial charge in [-0.05, 0) is 32.4 Å². The van der Waals surface area contributed by atoms with E-state index in [-0.39, 0.29) is 6.61 Å². The van der Waals surface area contributed by atoms with Crippen LogP contribution in [0.2, 0.25) is 0 Å². The number of pyridine rings is 2. The van der Waals surface area contributed by atoms with Crippen molar-refractivity contribution in [2.45, 2.75) is 27.2 Å². The lowest BCUT2D eigenvalue weighted by atomic mass is 10.3. The summed E-state index contributed by atoms with van der Waals surface area (Å²) in [5.74, 6) is 1.36.